The number of nitro groups is 1. The number of benzene rings is 2. The van der Waals surface area contributed by atoms with Gasteiger partial charge in [0, 0.05) is 12.1 Å². The van der Waals surface area contributed by atoms with Gasteiger partial charge >= 0.3 is 0 Å². The number of methoxy groups -OCH3 is 1. The first-order valence-electron chi connectivity index (χ1n) is 6.75. The van der Waals surface area contributed by atoms with E-state index in [2.05, 4.69) is 4.72 Å². The van der Waals surface area contributed by atoms with E-state index in [1.807, 2.05) is 0 Å². The zero-order valence-electron chi connectivity index (χ0n) is 12.6. The molecule has 0 amide bonds. The maximum absolute atomic E-state index is 12.4. The molecule has 0 saturated carbocycles. The molecule has 0 aliphatic heterocycles. The first kappa shape index (κ1) is 16.9. The largest absolute Gasteiger partial charge is 0.497 e. The van der Waals surface area contributed by atoms with Crippen LogP contribution in [0.3, 0.4) is 0 Å². The molecule has 8 heteroatoms. The highest BCUT2D eigenvalue weighted by Crippen LogP contribution is 2.25. The molecule has 0 bridgehead atoms. The van der Waals surface area contributed by atoms with E-state index < -0.39 is 26.7 Å². The predicted molar refractivity (Wildman–Crippen MR) is 84.8 cm³/mol. The van der Waals surface area contributed by atoms with Gasteiger partial charge in [0.1, 0.15) is 5.75 Å². The van der Waals surface area contributed by atoms with Crippen LogP contribution in [-0.2, 0) is 10.0 Å². The zero-order valence-corrected chi connectivity index (χ0v) is 13.4. The summed E-state index contributed by atoms with van der Waals surface area (Å²) < 4.78 is 32.4. The van der Waals surface area contributed by atoms with Gasteiger partial charge in [-0.1, -0.05) is 24.3 Å². The second kappa shape index (κ2) is 6.76. The van der Waals surface area contributed by atoms with E-state index in [0.717, 1.165) is 6.07 Å². The van der Waals surface area contributed by atoms with Crippen LogP contribution >= 0.6 is 0 Å². The van der Waals surface area contributed by atoms with Gasteiger partial charge in [-0.15, -0.1) is 0 Å². The Bertz CT molecular complexity index is 820. The van der Waals surface area contributed by atoms with Gasteiger partial charge in [-0.3, -0.25) is 10.1 Å². The van der Waals surface area contributed by atoms with Crippen molar-refractivity contribution in [3.8, 4) is 5.75 Å². The third kappa shape index (κ3) is 3.85. The topological polar surface area (TPSA) is 98.5 Å². The van der Waals surface area contributed by atoms with Gasteiger partial charge in [0.25, 0.3) is 5.69 Å². The van der Waals surface area contributed by atoms with Crippen LogP contribution in [0.5, 0.6) is 5.75 Å². The van der Waals surface area contributed by atoms with Crippen LogP contribution in [0.1, 0.15) is 18.5 Å². The number of hydrogen-bond donors (Lipinski definition) is 1. The van der Waals surface area contributed by atoms with E-state index in [0.29, 0.717) is 11.3 Å². The molecule has 1 N–H and O–H groups in total. The molecule has 0 aliphatic carbocycles. The van der Waals surface area contributed by atoms with Crippen molar-refractivity contribution in [1.82, 2.24) is 4.72 Å². The lowest BCUT2D eigenvalue weighted by Gasteiger charge is -2.15. The normalized spacial score (nSPS) is 12.6. The molecule has 2 aromatic carbocycles. The molecular formula is C15H16N2O5S. The standard InChI is InChI=1S/C15H16N2O5S/c1-11(12-6-5-7-13(10-12)22-2)16-23(20,21)15-9-4-3-8-14(15)17(18)19/h3-11,16H,1-2H3/t11-/m1/s1. The summed E-state index contributed by atoms with van der Waals surface area (Å²) in [7, 11) is -2.52. The predicted octanol–water partition coefficient (Wildman–Crippen LogP) is 2.64. The number of rotatable bonds is 6. The summed E-state index contributed by atoms with van der Waals surface area (Å²) >= 11 is 0. The van der Waals surface area contributed by atoms with Crippen molar-refractivity contribution in [3.63, 3.8) is 0 Å². The first-order valence-corrected chi connectivity index (χ1v) is 8.23. The highest BCUT2D eigenvalue weighted by Gasteiger charge is 2.26. The maximum atomic E-state index is 12.4. The average molecular weight is 336 g/mol. The number of sulfonamides is 1. The number of nitrogens with one attached hydrogen (secondary N) is 1. The van der Waals surface area contributed by atoms with Crippen LogP contribution in [0.25, 0.3) is 0 Å². The Morgan fingerprint density at radius 3 is 2.52 bits per heavy atom. The van der Waals surface area contributed by atoms with E-state index in [4.69, 9.17) is 4.74 Å². The maximum Gasteiger partial charge on any atom is 0.289 e. The summed E-state index contributed by atoms with van der Waals surface area (Å²) in [5.41, 5.74) is 0.226. The Kier molecular flexibility index (Phi) is 4.97. The lowest BCUT2D eigenvalue weighted by Crippen LogP contribution is -2.27. The molecule has 0 unspecified atom stereocenters. The Labute approximate surface area is 134 Å². The van der Waals surface area contributed by atoms with Crippen LogP contribution in [0, 0.1) is 10.1 Å². The lowest BCUT2D eigenvalue weighted by molar-refractivity contribution is -0.387. The van der Waals surface area contributed by atoms with Crippen molar-refractivity contribution >= 4 is 15.7 Å². The highest BCUT2D eigenvalue weighted by atomic mass is 32.2. The van der Waals surface area contributed by atoms with Crippen molar-refractivity contribution in [2.45, 2.75) is 17.9 Å². The van der Waals surface area contributed by atoms with E-state index >= 15 is 0 Å². The fourth-order valence-electron chi connectivity index (χ4n) is 2.11. The van der Waals surface area contributed by atoms with Gasteiger partial charge in [-0.05, 0) is 30.7 Å². The monoisotopic (exact) mass is 336 g/mol. The molecule has 0 saturated heterocycles. The van der Waals surface area contributed by atoms with Crippen LogP contribution < -0.4 is 9.46 Å². The Balaban J connectivity index is 2.33. The zero-order chi connectivity index (χ0) is 17.0. The lowest BCUT2D eigenvalue weighted by atomic mass is 10.1. The third-order valence-corrected chi connectivity index (χ3v) is 4.87. The highest BCUT2D eigenvalue weighted by molar-refractivity contribution is 7.89. The Hall–Kier alpha value is -2.45. The number of para-hydroxylation sites is 1. The molecule has 0 spiro atoms. The molecule has 0 aliphatic rings. The average Bonchev–Trinajstić information content (AvgIpc) is 2.54. The molecule has 7 nitrogen and oxygen atoms in total. The molecule has 1 atom stereocenters. The molecule has 122 valence electrons. The fourth-order valence-corrected chi connectivity index (χ4v) is 3.51. The SMILES string of the molecule is COc1cccc([C@@H](C)NS(=O)(=O)c2ccccc2[N+](=O)[O-])c1. The van der Waals surface area contributed by atoms with Crippen LogP contribution in [0.2, 0.25) is 0 Å². The van der Waals surface area contributed by atoms with Crippen LogP contribution in [-0.4, -0.2) is 20.5 Å². The number of nitrogens with zero attached hydrogens (tertiary/aromatic N) is 1. The summed E-state index contributed by atoms with van der Waals surface area (Å²) in [5.74, 6) is 0.597. The third-order valence-electron chi connectivity index (χ3n) is 3.28. The van der Waals surface area contributed by atoms with Crippen molar-refractivity contribution in [2.75, 3.05) is 7.11 Å². The minimum absolute atomic E-state index is 0.361. The molecule has 0 aromatic heterocycles. The van der Waals surface area contributed by atoms with Gasteiger partial charge in [0.15, 0.2) is 4.90 Å². The smallest absolute Gasteiger partial charge is 0.289 e. The second-order valence-electron chi connectivity index (χ2n) is 4.84. The summed E-state index contributed by atoms with van der Waals surface area (Å²) in [5, 5.41) is 11.0. The number of nitro benzene ring substituents is 1. The Morgan fingerprint density at radius 1 is 1.17 bits per heavy atom. The first-order chi connectivity index (χ1) is 10.8. The molecule has 2 rings (SSSR count). The van der Waals surface area contributed by atoms with Crippen LogP contribution in [0.4, 0.5) is 5.69 Å². The molecular weight excluding hydrogens is 320 g/mol. The fraction of sp³-hybridized carbons (Fsp3) is 0.200. The van der Waals surface area contributed by atoms with Crippen molar-refractivity contribution < 1.29 is 18.1 Å². The number of ether oxygens (including phenoxy) is 1. The summed E-state index contributed by atoms with van der Waals surface area (Å²) in [6.07, 6.45) is 0. The van der Waals surface area contributed by atoms with Gasteiger partial charge in [-0.25, -0.2) is 13.1 Å². The summed E-state index contributed by atoms with van der Waals surface area (Å²) in [6, 6.07) is 11.6. The van der Waals surface area contributed by atoms with Crippen LogP contribution in [0.15, 0.2) is 53.4 Å². The Morgan fingerprint density at radius 2 is 1.87 bits per heavy atom. The van der Waals surface area contributed by atoms with Gasteiger partial charge in [0.2, 0.25) is 10.0 Å². The van der Waals surface area contributed by atoms with Gasteiger partial charge in [-0.2, -0.15) is 0 Å². The summed E-state index contributed by atoms with van der Waals surface area (Å²) in [6.45, 7) is 1.65. The van der Waals surface area contributed by atoms with Crippen molar-refractivity contribution in [2.24, 2.45) is 0 Å². The van der Waals surface area contributed by atoms with Gasteiger partial charge in [0.05, 0.1) is 12.0 Å². The molecule has 0 radical (unpaired) electrons. The van der Waals surface area contributed by atoms with E-state index in [1.54, 1.807) is 31.2 Å². The minimum Gasteiger partial charge on any atom is -0.497 e. The molecule has 0 fully saturated rings. The summed E-state index contributed by atoms with van der Waals surface area (Å²) in [4.78, 5) is 9.93. The minimum atomic E-state index is -4.04. The van der Waals surface area contributed by atoms with Crippen molar-refractivity contribution in [1.29, 1.82) is 0 Å². The second-order valence-corrected chi connectivity index (χ2v) is 6.53. The number of hydrogen-bond acceptors (Lipinski definition) is 5. The molecule has 23 heavy (non-hydrogen) atoms. The van der Waals surface area contributed by atoms with Crippen molar-refractivity contribution in [3.05, 3.63) is 64.2 Å². The molecule has 2 aromatic rings. The van der Waals surface area contributed by atoms with E-state index in [9.17, 15) is 18.5 Å². The van der Waals surface area contributed by atoms with E-state index in [-0.39, 0.29) is 4.90 Å². The quantitative estimate of drug-likeness (QED) is 0.646. The molecule has 0 heterocycles. The van der Waals surface area contributed by atoms with Gasteiger partial charge < -0.3 is 4.74 Å². The van der Waals surface area contributed by atoms with E-state index in [1.165, 1.54) is 25.3 Å².